The Bertz CT molecular complexity index is 910. The van der Waals surface area contributed by atoms with Gasteiger partial charge in [-0.2, -0.15) is 0 Å². The number of hydrogen-bond acceptors (Lipinski definition) is 5. The van der Waals surface area contributed by atoms with Crippen molar-refractivity contribution >= 4 is 45.9 Å². The monoisotopic (exact) mass is 494 g/mol. The lowest BCUT2D eigenvalue weighted by molar-refractivity contribution is -0.113. The van der Waals surface area contributed by atoms with Gasteiger partial charge in [-0.05, 0) is 64.6 Å². The topological polar surface area (TPSA) is 69.0 Å². The average molecular weight is 494 g/mol. The summed E-state index contributed by atoms with van der Waals surface area (Å²) in [5.74, 6) is 1.88. The van der Waals surface area contributed by atoms with Crippen LogP contribution in [-0.2, 0) is 18.3 Å². The van der Waals surface area contributed by atoms with E-state index in [9.17, 15) is 4.79 Å². The molecular weight excluding hydrogens is 475 g/mol. The number of thioether (sulfide) groups is 1. The fourth-order valence-electron chi connectivity index (χ4n) is 2.41. The number of rotatable bonds is 7. The number of amides is 1. The number of halogens is 1. The number of carbonyl (C=O) groups is 1. The zero-order valence-corrected chi connectivity index (χ0v) is 18.0. The van der Waals surface area contributed by atoms with Crippen LogP contribution in [0.4, 0.5) is 5.69 Å². The Morgan fingerprint density at radius 1 is 1.15 bits per heavy atom. The molecule has 0 aliphatic heterocycles. The molecule has 140 valence electrons. The van der Waals surface area contributed by atoms with Crippen LogP contribution in [0.15, 0.2) is 53.7 Å². The molecule has 0 spiro atoms. The SMILES string of the molecule is COc1ccc(Cc2nnc(SCC(=O)Nc3ccc(I)cc3)n2C)cc1. The number of aromatic nitrogens is 3. The Kier molecular flexibility index (Phi) is 6.73. The maximum absolute atomic E-state index is 12.1. The summed E-state index contributed by atoms with van der Waals surface area (Å²) < 4.78 is 8.23. The smallest absolute Gasteiger partial charge is 0.234 e. The summed E-state index contributed by atoms with van der Waals surface area (Å²) in [5.41, 5.74) is 1.92. The highest BCUT2D eigenvalue weighted by molar-refractivity contribution is 14.1. The van der Waals surface area contributed by atoms with E-state index in [1.54, 1.807) is 7.11 Å². The van der Waals surface area contributed by atoms with Crippen molar-refractivity contribution in [2.45, 2.75) is 11.6 Å². The highest BCUT2D eigenvalue weighted by Gasteiger charge is 2.12. The molecule has 0 saturated heterocycles. The van der Waals surface area contributed by atoms with Gasteiger partial charge in [0.15, 0.2) is 5.16 Å². The second-order valence-electron chi connectivity index (χ2n) is 5.83. The summed E-state index contributed by atoms with van der Waals surface area (Å²) in [7, 11) is 3.56. The number of benzene rings is 2. The fraction of sp³-hybridized carbons (Fsp3) is 0.211. The molecule has 0 unspecified atom stereocenters. The lowest BCUT2D eigenvalue weighted by Gasteiger charge is -2.06. The van der Waals surface area contributed by atoms with Crippen LogP contribution in [0.25, 0.3) is 0 Å². The third-order valence-corrected chi connectivity index (χ3v) is 5.65. The van der Waals surface area contributed by atoms with E-state index < -0.39 is 0 Å². The minimum atomic E-state index is -0.0686. The summed E-state index contributed by atoms with van der Waals surface area (Å²) in [6.07, 6.45) is 0.670. The average Bonchev–Trinajstić information content (AvgIpc) is 3.02. The number of nitrogens with zero attached hydrogens (tertiary/aromatic N) is 3. The molecule has 0 saturated carbocycles. The molecule has 0 aliphatic rings. The predicted octanol–water partition coefficient (Wildman–Crippen LogP) is 3.75. The summed E-state index contributed by atoms with van der Waals surface area (Å²) in [5, 5.41) is 12.1. The second-order valence-corrected chi connectivity index (χ2v) is 8.01. The molecule has 0 fully saturated rings. The van der Waals surface area contributed by atoms with Crippen molar-refractivity contribution in [1.82, 2.24) is 14.8 Å². The Morgan fingerprint density at radius 2 is 1.85 bits per heavy atom. The summed E-state index contributed by atoms with van der Waals surface area (Å²) in [6.45, 7) is 0. The van der Waals surface area contributed by atoms with Gasteiger partial charge in [-0.25, -0.2) is 0 Å². The molecule has 8 heteroatoms. The van der Waals surface area contributed by atoms with Crippen molar-refractivity contribution < 1.29 is 9.53 Å². The molecule has 1 N–H and O–H groups in total. The van der Waals surface area contributed by atoms with E-state index in [0.717, 1.165) is 31.6 Å². The molecule has 3 rings (SSSR count). The molecule has 0 atom stereocenters. The Morgan fingerprint density at radius 3 is 2.52 bits per heavy atom. The maximum atomic E-state index is 12.1. The van der Waals surface area contributed by atoms with Gasteiger partial charge in [0.25, 0.3) is 0 Å². The standard InChI is InChI=1S/C19H19IN4O2S/c1-24-17(11-13-3-9-16(26-2)10-4-13)22-23-19(24)27-12-18(25)21-15-7-5-14(20)6-8-15/h3-10H,11-12H2,1-2H3,(H,21,25). The maximum Gasteiger partial charge on any atom is 0.234 e. The Hall–Kier alpha value is -2.07. The summed E-state index contributed by atoms with van der Waals surface area (Å²) >= 11 is 3.60. The summed E-state index contributed by atoms with van der Waals surface area (Å²) in [6, 6.07) is 15.6. The highest BCUT2D eigenvalue weighted by Crippen LogP contribution is 2.19. The van der Waals surface area contributed by atoms with Crippen molar-refractivity contribution in [3.63, 3.8) is 0 Å². The molecular formula is C19H19IN4O2S. The Labute approximate surface area is 175 Å². The molecule has 0 radical (unpaired) electrons. The third-order valence-electron chi connectivity index (χ3n) is 3.91. The molecule has 6 nitrogen and oxygen atoms in total. The normalized spacial score (nSPS) is 10.6. The van der Waals surface area contributed by atoms with Gasteiger partial charge in [0.05, 0.1) is 12.9 Å². The first-order chi connectivity index (χ1) is 13.0. The molecule has 1 heterocycles. The predicted molar refractivity (Wildman–Crippen MR) is 115 cm³/mol. The number of anilines is 1. The van der Waals surface area contributed by atoms with Gasteiger partial charge in [0, 0.05) is 22.7 Å². The molecule has 2 aromatic carbocycles. The minimum Gasteiger partial charge on any atom is -0.497 e. The molecule has 0 bridgehead atoms. The van der Waals surface area contributed by atoms with Crippen LogP contribution in [0.5, 0.6) is 5.75 Å². The Balaban J connectivity index is 1.56. The van der Waals surface area contributed by atoms with Crippen LogP contribution in [-0.4, -0.2) is 33.5 Å². The van der Waals surface area contributed by atoms with E-state index in [2.05, 4.69) is 38.1 Å². The van der Waals surface area contributed by atoms with Crippen molar-refractivity contribution in [1.29, 1.82) is 0 Å². The molecule has 3 aromatic rings. The quantitative estimate of drug-likeness (QED) is 0.401. The molecule has 27 heavy (non-hydrogen) atoms. The first-order valence-electron chi connectivity index (χ1n) is 8.24. The number of nitrogens with one attached hydrogen (secondary N) is 1. The van der Waals surface area contributed by atoms with Crippen molar-refractivity contribution in [2.24, 2.45) is 7.05 Å². The fourth-order valence-corrected chi connectivity index (χ4v) is 3.50. The van der Waals surface area contributed by atoms with Crippen LogP contribution < -0.4 is 10.1 Å². The van der Waals surface area contributed by atoms with Crippen LogP contribution in [0.3, 0.4) is 0 Å². The lowest BCUT2D eigenvalue weighted by Crippen LogP contribution is -2.14. The number of carbonyl (C=O) groups excluding carboxylic acids is 1. The number of ether oxygens (including phenoxy) is 1. The van der Waals surface area contributed by atoms with Gasteiger partial charge in [0.2, 0.25) is 5.91 Å². The largest absolute Gasteiger partial charge is 0.497 e. The van der Waals surface area contributed by atoms with E-state index in [1.165, 1.54) is 11.8 Å². The van der Waals surface area contributed by atoms with Crippen LogP contribution in [0.1, 0.15) is 11.4 Å². The van der Waals surface area contributed by atoms with E-state index in [-0.39, 0.29) is 11.7 Å². The van der Waals surface area contributed by atoms with Crippen LogP contribution in [0, 0.1) is 3.57 Å². The first-order valence-corrected chi connectivity index (χ1v) is 10.3. The first kappa shape index (κ1) is 19.7. The zero-order chi connectivity index (χ0) is 19.2. The van der Waals surface area contributed by atoms with Gasteiger partial charge >= 0.3 is 0 Å². The van der Waals surface area contributed by atoms with Gasteiger partial charge < -0.3 is 14.6 Å². The van der Waals surface area contributed by atoms with E-state index in [1.807, 2.05) is 60.1 Å². The molecule has 0 aliphatic carbocycles. The third kappa shape index (κ3) is 5.46. The number of methoxy groups -OCH3 is 1. The van der Waals surface area contributed by atoms with Crippen molar-refractivity contribution in [3.05, 3.63) is 63.5 Å². The van der Waals surface area contributed by atoms with E-state index >= 15 is 0 Å². The van der Waals surface area contributed by atoms with Gasteiger partial charge in [-0.15, -0.1) is 10.2 Å². The van der Waals surface area contributed by atoms with E-state index in [0.29, 0.717) is 6.42 Å². The molecule has 1 amide bonds. The van der Waals surface area contributed by atoms with Crippen molar-refractivity contribution in [2.75, 3.05) is 18.2 Å². The van der Waals surface area contributed by atoms with Crippen LogP contribution >= 0.6 is 34.4 Å². The van der Waals surface area contributed by atoms with Gasteiger partial charge in [0.1, 0.15) is 11.6 Å². The van der Waals surface area contributed by atoms with E-state index in [4.69, 9.17) is 4.74 Å². The lowest BCUT2D eigenvalue weighted by atomic mass is 10.1. The number of hydrogen-bond donors (Lipinski definition) is 1. The van der Waals surface area contributed by atoms with Gasteiger partial charge in [-0.3, -0.25) is 4.79 Å². The van der Waals surface area contributed by atoms with Gasteiger partial charge in [-0.1, -0.05) is 23.9 Å². The minimum absolute atomic E-state index is 0.0686. The highest BCUT2D eigenvalue weighted by atomic mass is 127. The summed E-state index contributed by atoms with van der Waals surface area (Å²) in [4.78, 5) is 12.1. The zero-order valence-electron chi connectivity index (χ0n) is 15.0. The van der Waals surface area contributed by atoms with Crippen LogP contribution in [0.2, 0.25) is 0 Å². The molecule has 1 aromatic heterocycles. The van der Waals surface area contributed by atoms with Crippen molar-refractivity contribution in [3.8, 4) is 5.75 Å². The second kappa shape index (κ2) is 9.23.